The molecule has 0 saturated carbocycles. The third-order valence-electron chi connectivity index (χ3n) is 11.3. The van der Waals surface area contributed by atoms with Crippen molar-refractivity contribution in [1.29, 1.82) is 0 Å². The number of hydrogen-bond acceptors (Lipinski definition) is 5. The molecule has 0 saturated heterocycles. The second-order valence-corrected chi connectivity index (χ2v) is 16.8. The Kier molecular flexibility index (Phi) is 42.2. The van der Waals surface area contributed by atoms with Gasteiger partial charge < -0.3 is 19.5 Å². The smallest absolute Gasteiger partial charge is 0.306 e. The van der Waals surface area contributed by atoms with E-state index in [2.05, 4.69) is 39.2 Å². The topological polar surface area (TPSA) is 59.0 Å². The van der Waals surface area contributed by atoms with E-state index in [9.17, 15) is 9.90 Å². The minimum Gasteiger partial charge on any atom is -0.495 e. The molecule has 0 radical (unpaired) electrons. The molecular weight excluding hydrogens is 667 g/mol. The quantitative estimate of drug-likeness (QED) is 0.0380. The number of ether oxygens (including phenoxy) is 2. The van der Waals surface area contributed by atoms with Crippen LogP contribution < -0.4 is 0 Å². The molecule has 0 aromatic heterocycles. The van der Waals surface area contributed by atoms with E-state index in [-0.39, 0.29) is 18.7 Å². The van der Waals surface area contributed by atoms with Crippen molar-refractivity contribution in [3.8, 4) is 0 Å². The van der Waals surface area contributed by atoms with Crippen LogP contribution in [0.2, 0.25) is 0 Å². The Morgan fingerprint density at radius 1 is 0.444 bits per heavy atom. The van der Waals surface area contributed by atoms with E-state index in [4.69, 9.17) is 9.47 Å². The molecule has 0 atom stereocenters. The summed E-state index contributed by atoms with van der Waals surface area (Å²) in [4.78, 5) is 15.4. The van der Waals surface area contributed by atoms with Gasteiger partial charge in [-0.1, -0.05) is 163 Å². The van der Waals surface area contributed by atoms with Crippen LogP contribution in [0.15, 0.2) is 12.3 Å². The Hall–Kier alpha value is -1.07. The zero-order chi connectivity index (χ0) is 39.6. The Labute approximate surface area is 339 Å². The maximum absolute atomic E-state index is 12.8. The molecule has 0 aliphatic heterocycles. The van der Waals surface area contributed by atoms with E-state index < -0.39 is 0 Å². The lowest BCUT2D eigenvalue weighted by molar-refractivity contribution is -0.150. The Morgan fingerprint density at radius 2 is 0.778 bits per heavy atom. The van der Waals surface area contributed by atoms with Crippen LogP contribution in [0, 0.1) is 0 Å². The van der Waals surface area contributed by atoms with Gasteiger partial charge in [-0.15, -0.1) is 0 Å². The van der Waals surface area contributed by atoms with Gasteiger partial charge in [-0.05, 0) is 110 Å². The van der Waals surface area contributed by atoms with Crippen molar-refractivity contribution in [2.45, 2.75) is 271 Å². The summed E-state index contributed by atoms with van der Waals surface area (Å²) in [5, 5.41) is 9.35. The van der Waals surface area contributed by atoms with Crippen molar-refractivity contribution >= 4 is 5.97 Å². The largest absolute Gasteiger partial charge is 0.495 e. The number of hydrogen-bond donors (Lipinski definition) is 1. The van der Waals surface area contributed by atoms with Crippen LogP contribution in [0.1, 0.15) is 259 Å². The monoisotopic (exact) mass is 764 g/mol. The van der Waals surface area contributed by atoms with E-state index in [1.807, 2.05) is 0 Å². The molecule has 5 heteroatoms. The average Bonchev–Trinajstić information content (AvgIpc) is 3.16. The van der Waals surface area contributed by atoms with Gasteiger partial charge in [0, 0.05) is 19.4 Å². The number of nitrogens with zero attached hydrogens (tertiary/aromatic N) is 1. The number of esters is 1. The van der Waals surface area contributed by atoms with Crippen molar-refractivity contribution in [3.63, 3.8) is 0 Å². The van der Waals surface area contributed by atoms with Crippen molar-refractivity contribution in [2.75, 3.05) is 26.2 Å². The zero-order valence-electron chi connectivity index (χ0n) is 37.3. The van der Waals surface area contributed by atoms with E-state index in [0.29, 0.717) is 12.5 Å². The fraction of sp³-hybridized carbons (Fsp3) is 0.939. The van der Waals surface area contributed by atoms with Gasteiger partial charge in [0.1, 0.15) is 6.10 Å². The second kappa shape index (κ2) is 43.1. The van der Waals surface area contributed by atoms with E-state index in [1.165, 1.54) is 180 Å². The van der Waals surface area contributed by atoms with Crippen molar-refractivity contribution in [1.82, 2.24) is 4.90 Å². The molecule has 0 aromatic carbocycles. The molecule has 5 nitrogen and oxygen atoms in total. The van der Waals surface area contributed by atoms with Crippen LogP contribution in [0.25, 0.3) is 0 Å². The summed E-state index contributed by atoms with van der Waals surface area (Å²) in [6.07, 6.45) is 43.7. The lowest BCUT2D eigenvalue weighted by Gasteiger charge is -2.22. The first-order valence-corrected chi connectivity index (χ1v) is 24.4. The number of aliphatic hydroxyl groups is 1. The molecule has 0 aromatic rings. The molecule has 0 bridgehead atoms. The third-order valence-corrected chi connectivity index (χ3v) is 11.3. The zero-order valence-corrected chi connectivity index (χ0v) is 37.3. The molecule has 1 N–H and O–H groups in total. The van der Waals surface area contributed by atoms with Crippen LogP contribution in [-0.4, -0.2) is 54.4 Å². The van der Waals surface area contributed by atoms with Gasteiger partial charge in [-0.3, -0.25) is 4.79 Å². The molecule has 0 spiro atoms. The Balaban J connectivity index is 4.39. The van der Waals surface area contributed by atoms with Crippen LogP contribution in [-0.2, 0) is 14.3 Å². The summed E-state index contributed by atoms with van der Waals surface area (Å²) < 4.78 is 12.5. The molecule has 54 heavy (non-hydrogen) atoms. The number of rotatable bonds is 45. The lowest BCUT2D eigenvalue weighted by Crippen LogP contribution is -2.27. The highest BCUT2D eigenvalue weighted by atomic mass is 16.5. The SMILES string of the molecule is C=C(CCCCCCN(CCCCO)CCCCCCC(=O)OC(CCCCCCC)CCCCCCC)OC(CCCCCCC)CCCCCCC. The first-order chi connectivity index (χ1) is 26.5. The molecule has 0 unspecified atom stereocenters. The summed E-state index contributed by atoms with van der Waals surface area (Å²) in [6, 6.07) is 0. The highest BCUT2D eigenvalue weighted by molar-refractivity contribution is 5.69. The first kappa shape index (κ1) is 52.9. The van der Waals surface area contributed by atoms with Crippen LogP contribution in [0.3, 0.4) is 0 Å². The summed E-state index contributed by atoms with van der Waals surface area (Å²) in [7, 11) is 0. The minimum absolute atomic E-state index is 0.0262. The van der Waals surface area contributed by atoms with Crippen molar-refractivity contribution in [3.05, 3.63) is 12.3 Å². The predicted molar refractivity (Wildman–Crippen MR) is 236 cm³/mol. The normalized spacial score (nSPS) is 11.7. The van der Waals surface area contributed by atoms with Crippen LogP contribution >= 0.6 is 0 Å². The molecule has 0 aliphatic rings. The van der Waals surface area contributed by atoms with E-state index in [0.717, 1.165) is 70.3 Å². The average molecular weight is 764 g/mol. The number of carbonyl (C=O) groups is 1. The second-order valence-electron chi connectivity index (χ2n) is 16.8. The fourth-order valence-corrected chi connectivity index (χ4v) is 7.72. The summed E-state index contributed by atoms with van der Waals surface area (Å²) in [5.41, 5.74) is 0. The van der Waals surface area contributed by atoms with E-state index >= 15 is 0 Å². The van der Waals surface area contributed by atoms with Crippen LogP contribution in [0.5, 0.6) is 0 Å². The summed E-state index contributed by atoms with van der Waals surface area (Å²) >= 11 is 0. The molecular formula is C49H97NO4. The molecule has 0 heterocycles. The van der Waals surface area contributed by atoms with Crippen molar-refractivity contribution in [2.24, 2.45) is 0 Å². The highest BCUT2D eigenvalue weighted by Crippen LogP contribution is 2.22. The van der Waals surface area contributed by atoms with Gasteiger partial charge in [-0.25, -0.2) is 0 Å². The highest BCUT2D eigenvalue weighted by Gasteiger charge is 2.15. The third kappa shape index (κ3) is 37.8. The van der Waals surface area contributed by atoms with Gasteiger partial charge in [0.25, 0.3) is 0 Å². The lowest BCUT2D eigenvalue weighted by atomic mass is 10.0. The minimum atomic E-state index is 0.0262. The van der Waals surface area contributed by atoms with Gasteiger partial charge in [0.15, 0.2) is 0 Å². The van der Waals surface area contributed by atoms with E-state index in [1.54, 1.807) is 0 Å². The molecule has 0 amide bonds. The summed E-state index contributed by atoms with van der Waals surface area (Å²) in [6.45, 7) is 17.1. The number of carbonyl (C=O) groups excluding carboxylic acids is 1. The van der Waals surface area contributed by atoms with Gasteiger partial charge in [0.2, 0.25) is 0 Å². The van der Waals surface area contributed by atoms with Crippen LogP contribution in [0.4, 0.5) is 0 Å². The molecule has 0 aliphatic carbocycles. The van der Waals surface area contributed by atoms with Gasteiger partial charge in [0.05, 0.1) is 11.9 Å². The number of aliphatic hydroxyl groups excluding tert-OH is 1. The standard InChI is InChI=1S/C49H97NO4/c1-6-10-14-18-27-37-47(38-28-19-15-11-7-2)53-46(5)36-26-22-24-32-42-50(44-34-35-45-51)43-33-25-23-31-41-49(52)54-48(39-29-20-16-12-8-3)40-30-21-17-13-9-4/h47-48,51H,5-45H2,1-4H3. The van der Waals surface area contributed by atoms with Gasteiger partial charge >= 0.3 is 5.97 Å². The molecule has 0 fully saturated rings. The first-order valence-electron chi connectivity index (χ1n) is 24.4. The van der Waals surface area contributed by atoms with Crippen molar-refractivity contribution < 1.29 is 19.4 Å². The Morgan fingerprint density at radius 3 is 1.19 bits per heavy atom. The fourth-order valence-electron chi connectivity index (χ4n) is 7.72. The number of allylic oxidation sites excluding steroid dienone is 1. The maximum Gasteiger partial charge on any atom is 0.306 e. The predicted octanol–water partition coefficient (Wildman–Crippen LogP) is 15.2. The number of unbranched alkanes of at least 4 members (excludes halogenated alkanes) is 23. The molecule has 0 rings (SSSR count). The maximum atomic E-state index is 12.8. The Bertz CT molecular complexity index is 687. The summed E-state index contributed by atoms with van der Waals surface area (Å²) in [5.74, 6) is 1.04. The molecule has 322 valence electrons. The van der Waals surface area contributed by atoms with Gasteiger partial charge in [-0.2, -0.15) is 0 Å².